The molecule has 0 aromatic heterocycles. The molecule has 2 amide bonds. The van der Waals surface area contributed by atoms with Gasteiger partial charge in [-0.15, -0.1) is 0 Å². The smallest absolute Gasteiger partial charge is 0.408 e. The lowest BCUT2D eigenvalue weighted by Gasteiger charge is -2.22. The fourth-order valence-corrected chi connectivity index (χ4v) is 1.21. The van der Waals surface area contributed by atoms with Crippen LogP contribution in [0.1, 0.15) is 34.6 Å². The lowest BCUT2D eigenvalue weighted by molar-refractivity contribution is -0.154. The van der Waals surface area contributed by atoms with E-state index in [1.807, 2.05) is 0 Å². The molecule has 0 heterocycles. The van der Waals surface area contributed by atoms with Gasteiger partial charge in [-0.25, -0.2) is 9.59 Å². The van der Waals surface area contributed by atoms with E-state index in [1.165, 1.54) is 6.92 Å². The number of ether oxygens (including phenoxy) is 2. The Hall–Kier alpha value is -2.12. The highest BCUT2D eigenvalue weighted by molar-refractivity contribution is 6.32. The predicted octanol–water partition coefficient (Wildman–Crippen LogP) is 0.148. The third-order valence-electron chi connectivity index (χ3n) is 2.11. The van der Waals surface area contributed by atoms with Gasteiger partial charge in [-0.2, -0.15) is 0 Å². The zero-order valence-corrected chi connectivity index (χ0v) is 12.9. The van der Waals surface area contributed by atoms with Gasteiger partial charge in [0.2, 0.25) is 0 Å². The van der Waals surface area contributed by atoms with Crippen LogP contribution in [0.3, 0.4) is 0 Å². The van der Waals surface area contributed by atoms with E-state index in [9.17, 15) is 19.2 Å². The summed E-state index contributed by atoms with van der Waals surface area (Å²) in [6, 6.07) is -0.988. The summed E-state index contributed by atoms with van der Waals surface area (Å²) < 4.78 is 9.50. The van der Waals surface area contributed by atoms with Crippen LogP contribution in [0.2, 0.25) is 0 Å². The summed E-state index contributed by atoms with van der Waals surface area (Å²) in [5, 5.41) is 4.53. The highest BCUT2D eigenvalue weighted by Crippen LogP contribution is 2.06. The zero-order valence-electron chi connectivity index (χ0n) is 12.9. The van der Waals surface area contributed by atoms with Crippen LogP contribution >= 0.6 is 0 Å². The molecule has 8 nitrogen and oxygen atoms in total. The standard InChI is InChI=1S/C13H22N2O6/c1-6-20-11(18)10(17)14-7-9(8(2)16)15-12(19)21-13(3,4)5/h9H,6-7H2,1-5H3,(H,14,17)(H,15,19)/t9-/m0/s1. The molecule has 0 aliphatic rings. The van der Waals surface area contributed by atoms with Crippen molar-refractivity contribution in [2.45, 2.75) is 46.3 Å². The van der Waals surface area contributed by atoms with Crippen molar-refractivity contribution >= 4 is 23.8 Å². The highest BCUT2D eigenvalue weighted by Gasteiger charge is 2.23. The normalized spacial score (nSPS) is 12.0. The van der Waals surface area contributed by atoms with E-state index in [0.29, 0.717) is 0 Å². The summed E-state index contributed by atoms with van der Waals surface area (Å²) in [6.07, 6.45) is -0.784. The van der Waals surface area contributed by atoms with Gasteiger partial charge >= 0.3 is 18.0 Å². The van der Waals surface area contributed by atoms with Crippen molar-refractivity contribution in [1.82, 2.24) is 10.6 Å². The molecule has 0 aliphatic heterocycles. The number of rotatable bonds is 5. The first-order valence-electron chi connectivity index (χ1n) is 6.51. The SMILES string of the molecule is CCOC(=O)C(=O)NC[C@H](NC(=O)OC(C)(C)C)C(C)=O. The van der Waals surface area contributed by atoms with Crippen molar-refractivity contribution < 1.29 is 28.7 Å². The van der Waals surface area contributed by atoms with Gasteiger partial charge in [0.25, 0.3) is 0 Å². The molecular weight excluding hydrogens is 280 g/mol. The lowest BCUT2D eigenvalue weighted by Crippen LogP contribution is -2.50. The quantitative estimate of drug-likeness (QED) is 0.552. The van der Waals surface area contributed by atoms with Crippen molar-refractivity contribution in [1.29, 1.82) is 0 Å². The Morgan fingerprint density at radius 3 is 2.14 bits per heavy atom. The van der Waals surface area contributed by atoms with Crippen LogP contribution < -0.4 is 10.6 Å². The maximum absolute atomic E-state index is 11.6. The maximum Gasteiger partial charge on any atom is 0.408 e. The Labute approximate surface area is 123 Å². The van der Waals surface area contributed by atoms with Crippen molar-refractivity contribution in [3.8, 4) is 0 Å². The minimum Gasteiger partial charge on any atom is -0.459 e. The topological polar surface area (TPSA) is 111 Å². The van der Waals surface area contributed by atoms with Gasteiger partial charge in [0.05, 0.1) is 6.61 Å². The van der Waals surface area contributed by atoms with Crippen molar-refractivity contribution in [2.75, 3.05) is 13.2 Å². The molecule has 2 N–H and O–H groups in total. The van der Waals surface area contributed by atoms with E-state index in [-0.39, 0.29) is 18.9 Å². The largest absolute Gasteiger partial charge is 0.459 e. The second-order valence-electron chi connectivity index (χ2n) is 5.24. The molecule has 8 heteroatoms. The third-order valence-corrected chi connectivity index (χ3v) is 2.11. The Morgan fingerprint density at radius 1 is 1.14 bits per heavy atom. The number of carbonyl (C=O) groups excluding carboxylic acids is 4. The minimum atomic E-state index is -1.04. The summed E-state index contributed by atoms with van der Waals surface area (Å²) in [4.78, 5) is 45.4. The van der Waals surface area contributed by atoms with E-state index in [0.717, 1.165) is 0 Å². The average molecular weight is 302 g/mol. The first-order chi connectivity index (χ1) is 9.56. The van der Waals surface area contributed by atoms with Crippen LogP contribution in [-0.2, 0) is 23.9 Å². The molecule has 120 valence electrons. The Balaban J connectivity index is 4.45. The average Bonchev–Trinajstić information content (AvgIpc) is 2.31. The number of Topliss-reactive ketones (excluding diaryl/α,β-unsaturated/α-hetero) is 1. The van der Waals surface area contributed by atoms with Crippen molar-refractivity contribution in [2.24, 2.45) is 0 Å². The molecule has 0 radical (unpaired) electrons. The molecule has 0 saturated carbocycles. The number of esters is 1. The van der Waals surface area contributed by atoms with Crippen LogP contribution in [0, 0.1) is 0 Å². The number of nitrogens with one attached hydrogen (secondary N) is 2. The number of hydrogen-bond acceptors (Lipinski definition) is 6. The first-order valence-corrected chi connectivity index (χ1v) is 6.51. The molecule has 0 fully saturated rings. The Kier molecular flexibility index (Phi) is 7.40. The zero-order chi connectivity index (χ0) is 16.6. The van der Waals surface area contributed by atoms with E-state index in [2.05, 4.69) is 15.4 Å². The third kappa shape index (κ3) is 8.61. The number of carbonyl (C=O) groups is 4. The molecule has 0 aliphatic carbocycles. The van der Waals surface area contributed by atoms with Gasteiger partial charge in [0.1, 0.15) is 11.6 Å². The summed E-state index contributed by atoms with van der Waals surface area (Å²) in [5.74, 6) is -2.41. The van der Waals surface area contributed by atoms with E-state index in [4.69, 9.17) is 4.74 Å². The van der Waals surface area contributed by atoms with Crippen LogP contribution in [0.15, 0.2) is 0 Å². The number of amides is 2. The van der Waals surface area contributed by atoms with Crippen molar-refractivity contribution in [3.05, 3.63) is 0 Å². The van der Waals surface area contributed by atoms with Crippen LogP contribution in [0.4, 0.5) is 4.79 Å². The Morgan fingerprint density at radius 2 is 1.71 bits per heavy atom. The molecule has 0 aromatic rings. The van der Waals surface area contributed by atoms with Gasteiger partial charge in [-0.3, -0.25) is 9.59 Å². The van der Waals surface area contributed by atoms with Gasteiger partial charge in [-0.05, 0) is 34.6 Å². The second-order valence-corrected chi connectivity index (χ2v) is 5.24. The fourth-order valence-electron chi connectivity index (χ4n) is 1.21. The van der Waals surface area contributed by atoms with Gasteiger partial charge in [0, 0.05) is 6.54 Å². The number of ketones is 1. The van der Waals surface area contributed by atoms with Crippen LogP contribution in [0.25, 0.3) is 0 Å². The molecule has 0 aromatic carbocycles. The summed E-state index contributed by atoms with van der Waals surface area (Å²) in [6.45, 7) is 7.69. The monoisotopic (exact) mass is 302 g/mol. The van der Waals surface area contributed by atoms with E-state index in [1.54, 1.807) is 27.7 Å². The van der Waals surface area contributed by atoms with Crippen LogP contribution in [0.5, 0.6) is 0 Å². The van der Waals surface area contributed by atoms with Crippen LogP contribution in [-0.4, -0.2) is 48.5 Å². The number of alkyl carbamates (subject to hydrolysis) is 1. The van der Waals surface area contributed by atoms with Gasteiger partial charge in [-0.1, -0.05) is 0 Å². The molecule has 0 bridgehead atoms. The van der Waals surface area contributed by atoms with E-state index < -0.39 is 29.6 Å². The lowest BCUT2D eigenvalue weighted by atomic mass is 10.2. The molecule has 0 saturated heterocycles. The molecule has 21 heavy (non-hydrogen) atoms. The molecular formula is C13H22N2O6. The molecule has 0 unspecified atom stereocenters. The Bertz CT molecular complexity index is 413. The maximum atomic E-state index is 11.6. The molecule has 0 spiro atoms. The second kappa shape index (κ2) is 8.23. The first kappa shape index (κ1) is 18.9. The summed E-state index contributed by atoms with van der Waals surface area (Å²) in [5.41, 5.74) is -0.709. The minimum absolute atomic E-state index is 0.0680. The fraction of sp³-hybridized carbons (Fsp3) is 0.692. The number of hydrogen-bond donors (Lipinski definition) is 2. The molecule has 1 atom stereocenters. The van der Waals surface area contributed by atoms with Crippen molar-refractivity contribution in [3.63, 3.8) is 0 Å². The van der Waals surface area contributed by atoms with E-state index >= 15 is 0 Å². The highest BCUT2D eigenvalue weighted by atomic mass is 16.6. The molecule has 0 rings (SSSR count). The summed E-state index contributed by atoms with van der Waals surface area (Å²) in [7, 11) is 0. The predicted molar refractivity (Wildman–Crippen MR) is 73.5 cm³/mol. The van der Waals surface area contributed by atoms with Gasteiger partial charge < -0.3 is 20.1 Å². The summed E-state index contributed by atoms with van der Waals surface area (Å²) >= 11 is 0. The van der Waals surface area contributed by atoms with Gasteiger partial charge in [0.15, 0.2) is 5.78 Å².